The molecule has 1 aromatic heterocycles. The molecule has 18 heavy (non-hydrogen) atoms. The van der Waals surface area contributed by atoms with Gasteiger partial charge in [0.05, 0.1) is 11.4 Å². The van der Waals surface area contributed by atoms with Crippen LogP contribution in [0.15, 0.2) is 36.5 Å². The highest BCUT2D eigenvalue weighted by atomic mass is 35.5. The molecule has 1 amide bonds. The van der Waals surface area contributed by atoms with Crippen molar-refractivity contribution in [1.29, 1.82) is 0 Å². The number of hydrogen-bond donors (Lipinski definition) is 1. The first kappa shape index (κ1) is 12.6. The Balaban J connectivity index is 2.23. The number of benzene rings is 1. The SMILES string of the molecule is Cc1ccn(-c2ccccc2CNC(=O)CCl)n1. The number of carbonyl (C=O) groups excluding carboxylic acids is 1. The predicted molar refractivity (Wildman–Crippen MR) is 70.9 cm³/mol. The summed E-state index contributed by atoms with van der Waals surface area (Å²) in [6, 6.07) is 9.74. The summed E-state index contributed by atoms with van der Waals surface area (Å²) in [5.74, 6) is -0.202. The van der Waals surface area contributed by atoms with Gasteiger partial charge in [0, 0.05) is 12.7 Å². The summed E-state index contributed by atoms with van der Waals surface area (Å²) >= 11 is 5.45. The maximum Gasteiger partial charge on any atom is 0.235 e. The Bertz CT molecular complexity index is 551. The van der Waals surface area contributed by atoms with E-state index in [0.717, 1.165) is 16.9 Å². The Morgan fingerprint density at radius 2 is 2.17 bits per heavy atom. The highest BCUT2D eigenvalue weighted by Gasteiger charge is 2.06. The maximum atomic E-state index is 11.2. The van der Waals surface area contributed by atoms with Gasteiger partial charge >= 0.3 is 0 Å². The Morgan fingerprint density at radius 1 is 1.39 bits per heavy atom. The fraction of sp³-hybridized carbons (Fsp3) is 0.231. The zero-order chi connectivity index (χ0) is 13.0. The van der Waals surface area contributed by atoms with Crippen LogP contribution in [0.5, 0.6) is 0 Å². The third-order valence-electron chi connectivity index (χ3n) is 2.56. The molecular weight excluding hydrogens is 250 g/mol. The van der Waals surface area contributed by atoms with Crippen molar-refractivity contribution in [2.75, 3.05) is 5.88 Å². The molecule has 4 nitrogen and oxygen atoms in total. The summed E-state index contributed by atoms with van der Waals surface area (Å²) in [7, 11) is 0. The lowest BCUT2D eigenvalue weighted by atomic mass is 10.2. The molecule has 5 heteroatoms. The Hall–Kier alpha value is -1.81. The standard InChI is InChI=1S/C13H14ClN3O/c1-10-6-7-17(16-10)12-5-3-2-4-11(12)9-15-13(18)8-14/h2-7H,8-9H2,1H3,(H,15,18). The number of para-hydroxylation sites is 1. The number of carbonyl (C=O) groups is 1. The average Bonchev–Trinajstić information content (AvgIpc) is 2.83. The normalized spacial score (nSPS) is 10.3. The lowest BCUT2D eigenvalue weighted by molar-refractivity contribution is -0.118. The molecule has 0 spiro atoms. The fourth-order valence-electron chi connectivity index (χ4n) is 1.67. The van der Waals surface area contributed by atoms with E-state index in [1.54, 1.807) is 4.68 Å². The van der Waals surface area contributed by atoms with Gasteiger partial charge in [-0.05, 0) is 24.6 Å². The maximum absolute atomic E-state index is 11.2. The minimum absolute atomic E-state index is 0.0248. The third kappa shape index (κ3) is 2.90. The number of alkyl halides is 1. The quantitative estimate of drug-likeness (QED) is 0.858. The van der Waals surface area contributed by atoms with Crippen molar-refractivity contribution in [2.45, 2.75) is 13.5 Å². The molecule has 2 rings (SSSR count). The number of rotatable bonds is 4. The summed E-state index contributed by atoms with van der Waals surface area (Å²) in [6.45, 7) is 2.38. The van der Waals surface area contributed by atoms with Crippen LogP contribution in [-0.2, 0) is 11.3 Å². The van der Waals surface area contributed by atoms with Crippen LogP contribution in [0.3, 0.4) is 0 Å². The van der Waals surface area contributed by atoms with Crippen molar-refractivity contribution in [2.24, 2.45) is 0 Å². The number of nitrogens with zero attached hydrogens (tertiary/aromatic N) is 2. The van der Waals surface area contributed by atoms with Gasteiger partial charge in [-0.2, -0.15) is 5.10 Å². The van der Waals surface area contributed by atoms with E-state index in [1.807, 2.05) is 43.5 Å². The van der Waals surface area contributed by atoms with E-state index in [-0.39, 0.29) is 11.8 Å². The lowest BCUT2D eigenvalue weighted by Gasteiger charge is -2.10. The molecule has 0 unspecified atom stereocenters. The van der Waals surface area contributed by atoms with Crippen LogP contribution in [0, 0.1) is 6.92 Å². The highest BCUT2D eigenvalue weighted by molar-refractivity contribution is 6.27. The van der Waals surface area contributed by atoms with Crippen LogP contribution in [-0.4, -0.2) is 21.6 Å². The molecule has 0 bridgehead atoms. The first-order valence-electron chi connectivity index (χ1n) is 5.64. The molecule has 94 valence electrons. The second-order valence-corrected chi connectivity index (χ2v) is 4.21. The van der Waals surface area contributed by atoms with Crippen molar-refractivity contribution in [3.8, 4) is 5.69 Å². The van der Waals surface area contributed by atoms with Gasteiger partial charge in [0.1, 0.15) is 5.88 Å². The topological polar surface area (TPSA) is 46.9 Å². The van der Waals surface area contributed by atoms with Crippen molar-refractivity contribution in [3.63, 3.8) is 0 Å². The van der Waals surface area contributed by atoms with Crippen molar-refractivity contribution in [3.05, 3.63) is 47.8 Å². The summed E-state index contributed by atoms with van der Waals surface area (Å²) in [5.41, 5.74) is 2.91. The van der Waals surface area contributed by atoms with Crippen LogP contribution < -0.4 is 5.32 Å². The van der Waals surface area contributed by atoms with Crippen LogP contribution in [0.25, 0.3) is 5.69 Å². The zero-order valence-corrected chi connectivity index (χ0v) is 10.8. The zero-order valence-electron chi connectivity index (χ0n) is 10.1. The van der Waals surface area contributed by atoms with E-state index in [1.165, 1.54) is 0 Å². The molecule has 1 aromatic carbocycles. The summed E-state index contributed by atoms with van der Waals surface area (Å²) in [5, 5.41) is 7.12. The van der Waals surface area contributed by atoms with Crippen LogP contribution in [0.4, 0.5) is 0 Å². The van der Waals surface area contributed by atoms with Gasteiger partial charge in [0.25, 0.3) is 0 Å². The number of aryl methyl sites for hydroxylation is 1. The molecule has 0 aliphatic heterocycles. The Labute approximate surface area is 111 Å². The van der Waals surface area contributed by atoms with E-state index in [9.17, 15) is 4.79 Å². The first-order valence-corrected chi connectivity index (χ1v) is 6.17. The van der Waals surface area contributed by atoms with Gasteiger partial charge in [-0.3, -0.25) is 4.79 Å². The molecule has 0 atom stereocenters. The van der Waals surface area contributed by atoms with E-state index in [0.29, 0.717) is 6.54 Å². The van der Waals surface area contributed by atoms with Gasteiger partial charge in [0.2, 0.25) is 5.91 Å². The molecule has 0 aliphatic rings. The van der Waals surface area contributed by atoms with Crippen LogP contribution >= 0.6 is 11.6 Å². The second kappa shape index (κ2) is 5.69. The molecular formula is C13H14ClN3O. The second-order valence-electron chi connectivity index (χ2n) is 3.94. The van der Waals surface area contributed by atoms with E-state index in [2.05, 4.69) is 10.4 Å². The number of aromatic nitrogens is 2. The summed E-state index contributed by atoms with van der Waals surface area (Å²) < 4.78 is 1.80. The van der Waals surface area contributed by atoms with Crippen molar-refractivity contribution >= 4 is 17.5 Å². The minimum atomic E-state index is -0.178. The van der Waals surface area contributed by atoms with E-state index >= 15 is 0 Å². The molecule has 1 heterocycles. The fourth-order valence-corrected chi connectivity index (χ4v) is 1.77. The molecule has 0 saturated heterocycles. The molecule has 1 N–H and O–H groups in total. The molecule has 0 saturated carbocycles. The lowest BCUT2D eigenvalue weighted by Crippen LogP contribution is -2.24. The van der Waals surface area contributed by atoms with Crippen LogP contribution in [0.2, 0.25) is 0 Å². The molecule has 0 fully saturated rings. The van der Waals surface area contributed by atoms with Gasteiger partial charge < -0.3 is 5.32 Å². The largest absolute Gasteiger partial charge is 0.351 e. The Kier molecular flexibility index (Phi) is 3.99. The molecule has 0 radical (unpaired) electrons. The Morgan fingerprint density at radius 3 is 2.83 bits per heavy atom. The van der Waals surface area contributed by atoms with Crippen molar-refractivity contribution < 1.29 is 4.79 Å². The van der Waals surface area contributed by atoms with E-state index < -0.39 is 0 Å². The smallest absolute Gasteiger partial charge is 0.235 e. The predicted octanol–water partition coefficient (Wildman–Crippen LogP) is 2.04. The van der Waals surface area contributed by atoms with Crippen LogP contribution in [0.1, 0.15) is 11.3 Å². The van der Waals surface area contributed by atoms with Gasteiger partial charge in [-0.1, -0.05) is 18.2 Å². The van der Waals surface area contributed by atoms with Gasteiger partial charge in [0.15, 0.2) is 0 Å². The van der Waals surface area contributed by atoms with E-state index in [4.69, 9.17) is 11.6 Å². The highest BCUT2D eigenvalue weighted by Crippen LogP contribution is 2.13. The average molecular weight is 264 g/mol. The first-order chi connectivity index (χ1) is 8.70. The minimum Gasteiger partial charge on any atom is -0.351 e. The third-order valence-corrected chi connectivity index (χ3v) is 2.80. The summed E-state index contributed by atoms with van der Waals surface area (Å²) in [4.78, 5) is 11.2. The number of halogens is 1. The number of hydrogen-bond acceptors (Lipinski definition) is 2. The summed E-state index contributed by atoms with van der Waals surface area (Å²) in [6.07, 6.45) is 1.90. The number of amides is 1. The van der Waals surface area contributed by atoms with Gasteiger partial charge in [-0.15, -0.1) is 11.6 Å². The monoisotopic (exact) mass is 263 g/mol. The van der Waals surface area contributed by atoms with Crippen molar-refractivity contribution in [1.82, 2.24) is 15.1 Å². The molecule has 2 aromatic rings. The van der Waals surface area contributed by atoms with Gasteiger partial charge in [-0.25, -0.2) is 4.68 Å². The molecule has 0 aliphatic carbocycles. The number of nitrogens with one attached hydrogen (secondary N) is 1.